The van der Waals surface area contributed by atoms with Crippen molar-refractivity contribution in [3.8, 4) is 0 Å². The van der Waals surface area contributed by atoms with Crippen LogP contribution in [0.5, 0.6) is 0 Å². The maximum Gasteiger partial charge on any atom is 0.227 e. The van der Waals surface area contributed by atoms with Gasteiger partial charge >= 0.3 is 0 Å². The zero-order chi connectivity index (χ0) is 16.1. The standard InChI is InChI=1S/C19H21FN2O/c20-18-6-2-1-5-17(18)12-15-7-10-22(11-8-15)19(23)13-16-4-3-9-21-14-16/h1-6,9,14-15H,7-8,10-13H2. The van der Waals surface area contributed by atoms with Crippen molar-refractivity contribution in [1.29, 1.82) is 0 Å². The van der Waals surface area contributed by atoms with Crippen molar-refractivity contribution in [3.05, 3.63) is 65.7 Å². The monoisotopic (exact) mass is 312 g/mol. The van der Waals surface area contributed by atoms with E-state index in [1.165, 1.54) is 6.07 Å². The number of aromatic nitrogens is 1. The van der Waals surface area contributed by atoms with Crippen LogP contribution in [0.15, 0.2) is 48.8 Å². The summed E-state index contributed by atoms with van der Waals surface area (Å²) < 4.78 is 13.7. The molecule has 1 amide bonds. The lowest BCUT2D eigenvalue weighted by Crippen LogP contribution is -2.39. The fourth-order valence-corrected chi connectivity index (χ4v) is 3.15. The van der Waals surface area contributed by atoms with Crippen molar-refractivity contribution in [2.45, 2.75) is 25.7 Å². The van der Waals surface area contributed by atoms with Gasteiger partial charge in [0.05, 0.1) is 6.42 Å². The van der Waals surface area contributed by atoms with Crippen molar-refractivity contribution < 1.29 is 9.18 Å². The van der Waals surface area contributed by atoms with Crippen LogP contribution in [0.3, 0.4) is 0 Å². The molecule has 1 saturated heterocycles. The van der Waals surface area contributed by atoms with Gasteiger partial charge in [0.1, 0.15) is 5.82 Å². The van der Waals surface area contributed by atoms with Crippen LogP contribution >= 0.6 is 0 Å². The van der Waals surface area contributed by atoms with E-state index < -0.39 is 0 Å². The summed E-state index contributed by atoms with van der Waals surface area (Å²) in [6.45, 7) is 1.52. The van der Waals surface area contributed by atoms with E-state index in [0.717, 1.165) is 43.5 Å². The van der Waals surface area contributed by atoms with Crippen LogP contribution in [-0.4, -0.2) is 28.9 Å². The molecule has 23 heavy (non-hydrogen) atoms. The minimum Gasteiger partial charge on any atom is -0.342 e. The van der Waals surface area contributed by atoms with Gasteiger partial charge in [0.2, 0.25) is 5.91 Å². The molecule has 0 spiro atoms. The van der Waals surface area contributed by atoms with E-state index in [0.29, 0.717) is 12.3 Å². The van der Waals surface area contributed by atoms with Crippen LogP contribution in [0.25, 0.3) is 0 Å². The molecule has 0 saturated carbocycles. The summed E-state index contributed by atoms with van der Waals surface area (Å²) >= 11 is 0. The van der Waals surface area contributed by atoms with Crippen molar-refractivity contribution in [2.24, 2.45) is 5.92 Å². The molecule has 0 aliphatic carbocycles. The minimum absolute atomic E-state index is 0.123. The average molecular weight is 312 g/mol. The highest BCUT2D eigenvalue weighted by Gasteiger charge is 2.23. The number of halogens is 1. The molecule has 0 N–H and O–H groups in total. The molecule has 120 valence electrons. The van der Waals surface area contributed by atoms with E-state index in [4.69, 9.17) is 0 Å². The number of hydrogen-bond donors (Lipinski definition) is 0. The smallest absolute Gasteiger partial charge is 0.227 e. The molecule has 1 aliphatic rings. The zero-order valence-corrected chi connectivity index (χ0v) is 13.1. The second-order valence-corrected chi connectivity index (χ2v) is 6.16. The molecule has 0 bridgehead atoms. The highest BCUT2D eigenvalue weighted by Crippen LogP contribution is 2.23. The average Bonchev–Trinajstić information content (AvgIpc) is 2.58. The Labute approximate surface area is 136 Å². The van der Waals surface area contributed by atoms with E-state index in [2.05, 4.69) is 4.98 Å². The molecule has 2 heterocycles. The maximum atomic E-state index is 13.7. The Balaban J connectivity index is 1.50. The van der Waals surface area contributed by atoms with Gasteiger partial charge in [0, 0.05) is 25.5 Å². The Bertz CT molecular complexity index is 651. The van der Waals surface area contributed by atoms with Gasteiger partial charge in [-0.1, -0.05) is 24.3 Å². The summed E-state index contributed by atoms with van der Waals surface area (Å²) in [7, 11) is 0. The third-order valence-corrected chi connectivity index (χ3v) is 4.51. The highest BCUT2D eigenvalue weighted by molar-refractivity contribution is 5.78. The molecular formula is C19H21FN2O. The number of carbonyl (C=O) groups excluding carboxylic acids is 1. The molecule has 0 radical (unpaired) electrons. The molecule has 3 nitrogen and oxygen atoms in total. The quantitative estimate of drug-likeness (QED) is 0.868. The van der Waals surface area contributed by atoms with Crippen LogP contribution in [0.1, 0.15) is 24.0 Å². The lowest BCUT2D eigenvalue weighted by molar-refractivity contribution is -0.131. The molecule has 2 aromatic rings. The van der Waals surface area contributed by atoms with Crippen molar-refractivity contribution in [1.82, 2.24) is 9.88 Å². The van der Waals surface area contributed by atoms with Gasteiger partial charge in [-0.3, -0.25) is 9.78 Å². The molecule has 0 atom stereocenters. The van der Waals surface area contributed by atoms with Crippen LogP contribution < -0.4 is 0 Å². The topological polar surface area (TPSA) is 33.2 Å². The number of benzene rings is 1. The number of likely N-dealkylation sites (tertiary alicyclic amines) is 1. The van der Waals surface area contributed by atoms with Gasteiger partial charge in [-0.05, 0) is 48.4 Å². The predicted octanol–water partition coefficient (Wildman–Crippen LogP) is 3.24. The molecule has 1 aliphatic heterocycles. The number of hydrogen-bond acceptors (Lipinski definition) is 2. The van der Waals surface area contributed by atoms with E-state index >= 15 is 0 Å². The summed E-state index contributed by atoms with van der Waals surface area (Å²) in [6, 6.07) is 10.7. The van der Waals surface area contributed by atoms with Crippen LogP contribution in [-0.2, 0) is 17.6 Å². The normalized spacial score (nSPS) is 15.6. The lowest BCUT2D eigenvalue weighted by atomic mass is 9.90. The number of rotatable bonds is 4. The number of pyridine rings is 1. The molecule has 1 aromatic heterocycles. The van der Waals surface area contributed by atoms with Gasteiger partial charge in [-0.2, -0.15) is 0 Å². The third-order valence-electron chi connectivity index (χ3n) is 4.51. The van der Waals surface area contributed by atoms with Crippen LogP contribution in [0.4, 0.5) is 4.39 Å². The minimum atomic E-state index is -0.123. The summed E-state index contributed by atoms with van der Waals surface area (Å²) in [5, 5.41) is 0. The highest BCUT2D eigenvalue weighted by atomic mass is 19.1. The SMILES string of the molecule is O=C(Cc1cccnc1)N1CCC(Cc2ccccc2F)CC1. The molecule has 3 rings (SSSR count). The fourth-order valence-electron chi connectivity index (χ4n) is 3.15. The summed E-state index contributed by atoms with van der Waals surface area (Å²) in [4.78, 5) is 18.3. The van der Waals surface area contributed by atoms with Crippen LogP contribution in [0.2, 0.25) is 0 Å². The summed E-state index contributed by atoms with van der Waals surface area (Å²) in [6.07, 6.45) is 6.49. The number of piperidine rings is 1. The van der Waals surface area contributed by atoms with Gasteiger partial charge in [-0.25, -0.2) is 4.39 Å². The van der Waals surface area contributed by atoms with E-state index in [1.807, 2.05) is 29.2 Å². The Morgan fingerprint density at radius 2 is 1.96 bits per heavy atom. The van der Waals surface area contributed by atoms with E-state index in [-0.39, 0.29) is 11.7 Å². The lowest BCUT2D eigenvalue weighted by Gasteiger charge is -2.32. The second-order valence-electron chi connectivity index (χ2n) is 6.16. The largest absolute Gasteiger partial charge is 0.342 e. The summed E-state index contributed by atoms with van der Waals surface area (Å²) in [5.41, 5.74) is 1.73. The second kappa shape index (κ2) is 7.36. The number of carbonyl (C=O) groups is 1. The first kappa shape index (κ1) is 15.7. The Hall–Kier alpha value is -2.23. The van der Waals surface area contributed by atoms with Gasteiger partial charge < -0.3 is 4.90 Å². The predicted molar refractivity (Wildman–Crippen MR) is 87.3 cm³/mol. The Morgan fingerprint density at radius 3 is 2.65 bits per heavy atom. The first-order valence-electron chi connectivity index (χ1n) is 8.12. The van der Waals surface area contributed by atoms with Gasteiger partial charge in [0.25, 0.3) is 0 Å². The first-order valence-corrected chi connectivity index (χ1v) is 8.12. The molecule has 4 heteroatoms. The maximum absolute atomic E-state index is 13.7. The van der Waals surface area contributed by atoms with Gasteiger partial charge in [-0.15, -0.1) is 0 Å². The van der Waals surface area contributed by atoms with Crippen LogP contribution in [0, 0.1) is 11.7 Å². The Kier molecular flexibility index (Phi) is 5.01. The first-order chi connectivity index (χ1) is 11.2. The Morgan fingerprint density at radius 1 is 1.17 bits per heavy atom. The fraction of sp³-hybridized carbons (Fsp3) is 0.368. The van der Waals surface area contributed by atoms with E-state index in [9.17, 15) is 9.18 Å². The third kappa shape index (κ3) is 4.15. The molecule has 1 fully saturated rings. The van der Waals surface area contributed by atoms with Crippen molar-refractivity contribution in [3.63, 3.8) is 0 Å². The molecule has 0 unspecified atom stereocenters. The number of amides is 1. The van der Waals surface area contributed by atoms with E-state index in [1.54, 1.807) is 18.5 Å². The molecule has 1 aromatic carbocycles. The van der Waals surface area contributed by atoms with Gasteiger partial charge in [0.15, 0.2) is 0 Å². The summed E-state index contributed by atoms with van der Waals surface area (Å²) in [5.74, 6) is 0.485. The zero-order valence-electron chi connectivity index (χ0n) is 13.1. The van der Waals surface area contributed by atoms with Crippen molar-refractivity contribution in [2.75, 3.05) is 13.1 Å². The number of nitrogens with zero attached hydrogens (tertiary/aromatic N) is 2. The molecular weight excluding hydrogens is 291 g/mol. The van der Waals surface area contributed by atoms with Crippen molar-refractivity contribution >= 4 is 5.91 Å².